The summed E-state index contributed by atoms with van der Waals surface area (Å²) in [5, 5.41) is -5.14. The van der Waals surface area contributed by atoms with Crippen molar-refractivity contribution in [3.8, 4) is 0 Å². The van der Waals surface area contributed by atoms with Gasteiger partial charge >= 0.3 is 37.6 Å². The largest absolute Gasteiger partial charge is 0.743 e. The summed E-state index contributed by atoms with van der Waals surface area (Å²) in [7, 11) is -16.9. The Kier molecular flexibility index (Phi) is 12.0. The maximum atomic E-state index is 13.3. The highest BCUT2D eigenvalue weighted by Crippen LogP contribution is 2.26. The van der Waals surface area contributed by atoms with Crippen molar-refractivity contribution in [2.45, 2.75) is 89.8 Å². The lowest BCUT2D eigenvalue weighted by Crippen LogP contribution is -2.54. The van der Waals surface area contributed by atoms with Crippen LogP contribution in [0.5, 0.6) is 0 Å². The molecule has 0 aliphatic rings. The molecule has 17 heteroatoms. The molecule has 1 rings (SSSR count). The van der Waals surface area contributed by atoms with Crippen molar-refractivity contribution in [1.29, 1.82) is 0 Å². The number of benzene rings is 1. The quantitative estimate of drug-likeness (QED) is 0.151. The number of esters is 1. The molecule has 2 unspecified atom stereocenters. The van der Waals surface area contributed by atoms with Crippen LogP contribution < -0.4 is 0 Å². The number of hydrogen-bond acceptors (Lipinski definition) is 9. The zero-order valence-corrected chi connectivity index (χ0v) is 29.8. The van der Waals surface area contributed by atoms with E-state index in [1.54, 1.807) is 24.3 Å². The first-order valence-corrected chi connectivity index (χ1v) is 27.8. The Bertz CT molecular complexity index is 1040. The molecule has 0 spiro atoms. The van der Waals surface area contributed by atoms with Gasteiger partial charge in [-0.1, -0.05) is 24.3 Å². The summed E-state index contributed by atoms with van der Waals surface area (Å²) in [4.78, 5) is 11.3. The Balaban J connectivity index is 2.85. The zero-order chi connectivity index (χ0) is 29.8. The van der Waals surface area contributed by atoms with Gasteiger partial charge in [-0.15, -0.1) is 0 Å². The molecule has 1 aromatic carbocycles. The van der Waals surface area contributed by atoms with E-state index in [-0.39, 0.29) is 0 Å². The third-order valence-electron chi connectivity index (χ3n) is 4.75. The van der Waals surface area contributed by atoms with Crippen LogP contribution >= 0.6 is 0 Å². The number of alkyl halides is 2. The van der Waals surface area contributed by atoms with Crippen molar-refractivity contribution in [2.75, 3.05) is 0 Å². The lowest BCUT2D eigenvalue weighted by molar-refractivity contribution is -0.162. The van der Waals surface area contributed by atoms with Crippen molar-refractivity contribution in [2.24, 2.45) is 0 Å². The minimum atomic E-state index is -6.16. The van der Waals surface area contributed by atoms with Crippen LogP contribution in [0.3, 0.4) is 0 Å². The monoisotopic (exact) mass is 647 g/mol. The van der Waals surface area contributed by atoms with E-state index in [1.807, 2.05) is 26.2 Å². The summed E-state index contributed by atoms with van der Waals surface area (Å²) in [6.07, 6.45) is 0.632. The van der Waals surface area contributed by atoms with E-state index < -0.39 is 71.0 Å². The fourth-order valence-corrected chi connectivity index (χ4v) is 24.7. The molecule has 0 aliphatic heterocycles. The summed E-state index contributed by atoms with van der Waals surface area (Å²) in [5.74, 6) is -2.40. The number of carbonyl (C=O) groups is 1. The molecule has 0 N–H and O–H groups in total. The van der Waals surface area contributed by atoms with Gasteiger partial charge in [0.15, 0.2) is 26.8 Å². The second-order valence-electron chi connectivity index (χ2n) is 11.6. The van der Waals surface area contributed by atoms with E-state index in [0.717, 1.165) is 5.56 Å². The van der Waals surface area contributed by atoms with Crippen LogP contribution in [0.25, 0.3) is 0 Å². The summed E-state index contributed by atoms with van der Waals surface area (Å²) >= 11 is 0. The minimum absolute atomic E-state index is 0.361. The van der Waals surface area contributed by atoms with Gasteiger partial charge in [0.25, 0.3) is 0 Å². The van der Waals surface area contributed by atoms with Crippen molar-refractivity contribution in [1.82, 2.24) is 0 Å². The van der Waals surface area contributed by atoms with Crippen molar-refractivity contribution < 1.29 is 47.7 Å². The highest BCUT2D eigenvalue weighted by molar-refractivity contribution is 7.87. The molecular formula is C21H41F2O9SSi5-. The first-order valence-electron chi connectivity index (χ1n) is 12.2. The maximum absolute atomic E-state index is 13.3. The Hall–Kier alpha value is -0.616. The van der Waals surface area contributed by atoms with E-state index in [4.69, 9.17) is 16.5 Å². The van der Waals surface area contributed by atoms with Crippen LogP contribution in [0.2, 0.25) is 71.5 Å². The van der Waals surface area contributed by atoms with E-state index in [0.29, 0.717) is 18.0 Å². The molecule has 2 atom stereocenters. The second kappa shape index (κ2) is 12.9. The standard InChI is InChI=1S/C21H42F2O9SSi5/c1-34(29-37(8,9)31-35(2,3)4)30-38(10,32-36(5,6)7)16-15-18-11-13-19(14-12-18)17-28-20(24)21(22,23)33(25,26)27/h11-14,34H,15-17H2,1-10H3,(H,25,26,27)/p-1. The Labute approximate surface area is 231 Å². The van der Waals surface area contributed by atoms with E-state index in [1.165, 1.54) is 0 Å². The Morgan fingerprint density at radius 1 is 0.895 bits per heavy atom. The number of aryl methyl sites for hydroxylation is 1. The van der Waals surface area contributed by atoms with Gasteiger partial charge in [-0.25, -0.2) is 13.2 Å². The number of ether oxygens (including phenoxy) is 1. The number of carbonyl (C=O) groups excluding carboxylic acids is 1. The predicted octanol–water partition coefficient (Wildman–Crippen LogP) is 4.77. The van der Waals surface area contributed by atoms with Crippen LogP contribution in [0.4, 0.5) is 8.78 Å². The smallest absolute Gasteiger partial charge is 0.428 e. The molecule has 0 saturated heterocycles. The molecule has 0 radical (unpaired) electrons. The summed E-state index contributed by atoms with van der Waals surface area (Å²) in [6.45, 7) is 20.2. The van der Waals surface area contributed by atoms with E-state index in [2.05, 4.69) is 44.0 Å². The Morgan fingerprint density at radius 3 is 1.82 bits per heavy atom. The fourth-order valence-electron chi connectivity index (χ4n) is 3.83. The second-order valence-corrected chi connectivity index (χ2v) is 31.7. The molecule has 1 aromatic rings. The lowest BCUT2D eigenvalue weighted by atomic mass is 10.1. The van der Waals surface area contributed by atoms with Gasteiger partial charge in [0.05, 0.1) is 0 Å². The van der Waals surface area contributed by atoms with Gasteiger partial charge in [-0.2, -0.15) is 8.78 Å². The van der Waals surface area contributed by atoms with Crippen LogP contribution in [0.15, 0.2) is 24.3 Å². The van der Waals surface area contributed by atoms with Gasteiger partial charge in [-0.05, 0) is 89.1 Å². The molecule has 0 fully saturated rings. The summed E-state index contributed by atoms with van der Waals surface area (Å²) in [5.41, 5.74) is 1.29. The number of rotatable bonds is 15. The Morgan fingerprint density at radius 2 is 1.37 bits per heavy atom. The van der Waals surface area contributed by atoms with Crippen molar-refractivity contribution in [3.63, 3.8) is 0 Å². The molecule has 0 bridgehead atoms. The van der Waals surface area contributed by atoms with Gasteiger partial charge in [0.2, 0.25) is 0 Å². The topological polar surface area (TPSA) is 120 Å². The minimum Gasteiger partial charge on any atom is -0.743 e. The zero-order valence-electron chi connectivity index (χ0n) is 23.8. The summed E-state index contributed by atoms with van der Waals surface area (Å²) in [6, 6.07) is 7.33. The molecule has 0 amide bonds. The predicted molar refractivity (Wildman–Crippen MR) is 153 cm³/mol. The normalized spacial score (nSPS) is 16.1. The molecule has 9 nitrogen and oxygen atoms in total. The third-order valence-corrected chi connectivity index (χ3v) is 22.2. The van der Waals surface area contributed by atoms with E-state index in [9.17, 15) is 26.5 Å². The highest BCUT2D eigenvalue weighted by Gasteiger charge is 2.48. The average Bonchev–Trinajstić information content (AvgIpc) is 2.66. The van der Waals surface area contributed by atoms with E-state index >= 15 is 0 Å². The van der Waals surface area contributed by atoms with Crippen molar-refractivity contribution >= 4 is 59.1 Å². The number of halogens is 2. The highest BCUT2D eigenvalue weighted by atomic mass is 32.2. The van der Waals surface area contributed by atoms with Gasteiger partial charge in [-0.3, -0.25) is 0 Å². The molecule has 0 saturated carbocycles. The maximum Gasteiger partial charge on any atom is 0.428 e. The van der Waals surface area contributed by atoms with Gasteiger partial charge in [0, 0.05) is 0 Å². The molecular weight excluding hydrogens is 607 g/mol. The fraction of sp³-hybridized carbons (Fsp3) is 0.667. The first-order chi connectivity index (χ1) is 16.8. The third kappa shape index (κ3) is 12.7. The van der Waals surface area contributed by atoms with Gasteiger partial charge < -0.3 is 25.8 Å². The molecule has 38 heavy (non-hydrogen) atoms. The molecule has 0 aromatic heterocycles. The SMILES string of the molecule is C[SiH](O[Si](C)(C)O[Si](C)(C)C)O[Si](C)(CCc1ccc(COC(=O)C(F)(F)S(=O)(=O)[O-])cc1)O[Si](C)(C)C. The average molecular weight is 648 g/mol. The number of hydrogen-bond donors (Lipinski definition) is 0. The summed E-state index contributed by atoms with van der Waals surface area (Å²) < 4.78 is 88.3. The van der Waals surface area contributed by atoms with Crippen molar-refractivity contribution in [3.05, 3.63) is 35.4 Å². The molecule has 220 valence electrons. The molecule has 0 heterocycles. The van der Waals surface area contributed by atoms with Gasteiger partial charge in [0.1, 0.15) is 6.61 Å². The first kappa shape index (κ1) is 35.4. The lowest BCUT2D eigenvalue weighted by Gasteiger charge is -2.38. The van der Waals surface area contributed by atoms with Crippen LogP contribution in [-0.2, 0) is 49.1 Å². The van der Waals surface area contributed by atoms with Crippen LogP contribution in [0, 0.1) is 0 Å². The molecule has 0 aliphatic carbocycles. The van der Waals surface area contributed by atoms with Crippen LogP contribution in [-0.4, -0.2) is 67.2 Å². The van der Waals surface area contributed by atoms with Crippen LogP contribution in [0.1, 0.15) is 11.1 Å².